The van der Waals surface area contributed by atoms with Crippen LogP contribution in [0.25, 0.3) is 0 Å². The number of rotatable bonds is 4. The van der Waals surface area contributed by atoms with Crippen LogP contribution in [0.5, 0.6) is 0 Å². The average molecular weight is 253 g/mol. The highest BCUT2D eigenvalue weighted by molar-refractivity contribution is 7.79. The van der Waals surface area contributed by atoms with Crippen molar-refractivity contribution < 1.29 is 24.2 Å². The van der Waals surface area contributed by atoms with Crippen molar-refractivity contribution in [3.63, 3.8) is 0 Å². The van der Waals surface area contributed by atoms with E-state index in [1.54, 1.807) is 6.26 Å². The van der Waals surface area contributed by atoms with Crippen LogP contribution in [0.2, 0.25) is 0 Å². The molecule has 0 aliphatic carbocycles. The quantitative estimate of drug-likeness (QED) is 0.496. The van der Waals surface area contributed by atoms with Gasteiger partial charge in [-0.2, -0.15) is 12.6 Å². The molecule has 0 aliphatic rings. The van der Waals surface area contributed by atoms with E-state index in [1.807, 2.05) is 13.8 Å². The molecular formula is C9H19NO5S. The smallest absolute Gasteiger partial charge is 0.341 e. The van der Waals surface area contributed by atoms with Crippen molar-refractivity contribution in [2.24, 2.45) is 0 Å². The molecule has 0 saturated carbocycles. The summed E-state index contributed by atoms with van der Waals surface area (Å²) in [6.45, 7) is 4.26. The van der Waals surface area contributed by atoms with Gasteiger partial charge < -0.3 is 15.2 Å². The molecule has 6 nitrogen and oxygen atoms in total. The van der Waals surface area contributed by atoms with Gasteiger partial charge in [0.1, 0.15) is 6.54 Å². The van der Waals surface area contributed by atoms with Crippen LogP contribution in [0.15, 0.2) is 0 Å². The second kappa shape index (κ2) is 16.2. The summed E-state index contributed by atoms with van der Waals surface area (Å²) in [5, 5.41) is 10.2. The lowest BCUT2D eigenvalue weighted by atomic mass is 10.6. The number of hydrogen-bond acceptors (Lipinski definition) is 5. The Balaban J connectivity index is -0.000000376. The van der Waals surface area contributed by atoms with E-state index in [0.29, 0.717) is 0 Å². The number of nitrogens with one attached hydrogen (secondary N) is 1. The second-order valence-electron chi connectivity index (χ2n) is 1.96. The zero-order valence-corrected chi connectivity index (χ0v) is 10.8. The Bertz CT molecular complexity index is 188. The molecule has 0 saturated heterocycles. The summed E-state index contributed by atoms with van der Waals surface area (Å²) < 4.78 is 4.20. The molecule has 0 aromatic heterocycles. The summed E-state index contributed by atoms with van der Waals surface area (Å²) in [7, 11) is 0. The number of carboxylic acid groups (broad SMARTS) is 1. The SMILES string of the molecule is CC.CC(=O)NCC(=O)OCC(=O)O.CS. The maximum Gasteiger partial charge on any atom is 0.341 e. The molecule has 0 heterocycles. The largest absolute Gasteiger partial charge is 0.479 e. The molecule has 0 radical (unpaired) electrons. The zero-order valence-electron chi connectivity index (χ0n) is 9.94. The Hall–Kier alpha value is -1.24. The van der Waals surface area contributed by atoms with Crippen molar-refractivity contribution >= 4 is 30.5 Å². The first-order valence-electron chi connectivity index (χ1n) is 4.59. The molecular weight excluding hydrogens is 234 g/mol. The summed E-state index contributed by atoms with van der Waals surface area (Å²) >= 11 is 3.53. The van der Waals surface area contributed by atoms with Crippen molar-refractivity contribution in [3.05, 3.63) is 0 Å². The van der Waals surface area contributed by atoms with Crippen molar-refractivity contribution in [1.82, 2.24) is 5.32 Å². The van der Waals surface area contributed by atoms with Crippen LogP contribution in [0.3, 0.4) is 0 Å². The molecule has 0 aromatic rings. The minimum Gasteiger partial charge on any atom is -0.479 e. The first kappa shape index (κ1) is 20.2. The van der Waals surface area contributed by atoms with Gasteiger partial charge in [0, 0.05) is 6.92 Å². The summed E-state index contributed by atoms with van der Waals surface area (Å²) in [5.74, 6) is -2.37. The fourth-order valence-electron chi connectivity index (χ4n) is 0.390. The zero-order chi connectivity index (χ0) is 13.6. The van der Waals surface area contributed by atoms with Crippen LogP contribution in [0.1, 0.15) is 20.8 Å². The lowest BCUT2D eigenvalue weighted by molar-refractivity contribution is -0.154. The fourth-order valence-corrected chi connectivity index (χ4v) is 0.390. The number of hydrogen-bond donors (Lipinski definition) is 3. The highest BCUT2D eigenvalue weighted by atomic mass is 32.1. The molecule has 0 spiro atoms. The van der Waals surface area contributed by atoms with Crippen molar-refractivity contribution in [2.45, 2.75) is 20.8 Å². The first-order chi connectivity index (χ1) is 7.52. The fraction of sp³-hybridized carbons (Fsp3) is 0.667. The minimum absolute atomic E-state index is 0.303. The Kier molecular flexibility index (Phi) is 20.5. The molecule has 2 N–H and O–H groups in total. The Morgan fingerprint density at radius 1 is 1.25 bits per heavy atom. The monoisotopic (exact) mass is 253 g/mol. The molecule has 1 amide bonds. The molecule has 0 atom stereocenters. The molecule has 0 fully saturated rings. The third-order valence-electron chi connectivity index (χ3n) is 0.838. The van der Waals surface area contributed by atoms with Gasteiger partial charge in [0.05, 0.1) is 0 Å². The van der Waals surface area contributed by atoms with Gasteiger partial charge in [0.15, 0.2) is 6.61 Å². The normalized spacial score (nSPS) is 7.31. The Labute approximate surface area is 101 Å². The third kappa shape index (κ3) is 23.0. The second-order valence-corrected chi connectivity index (χ2v) is 1.96. The van der Waals surface area contributed by atoms with E-state index >= 15 is 0 Å². The van der Waals surface area contributed by atoms with Gasteiger partial charge >= 0.3 is 11.9 Å². The number of esters is 1. The number of thiol groups is 1. The molecule has 0 rings (SSSR count). The van der Waals surface area contributed by atoms with E-state index in [4.69, 9.17) is 5.11 Å². The Morgan fingerprint density at radius 2 is 1.69 bits per heavy atom. The van der Waals surface area contributed by atoms with Crippen molar-refractivity contribution in [2.75, 3.05) is 19.4 Å². The molecule has 0 aromatic carbocycles. The van der Waals surface area contributed by atoms with Crippen LogP contribution in [0, 0.1) is 0 Å². The van der Waals surface area contributed by atoms with Crippen LogP contribution in [-0.2, 0) is 19.1 Å². The number of aliphatic carboxylic acids is 1. The minimum atomic E-state index is -1.23. The van der Waals surface area contributed by atoms with Crippen LogP contribution < -0.4 is 5.32 Å². The lowest BCUT2D eigenvalue weighted by Crippen LogP contribution is -2.29. The van der Waals surface area contributed by atoms with E-state index in [2.05, 4.69) is 22.7 Å². The van der Waals surface area contributed by atoms with E-state index < -0.39 is 18.5 Å². The predicted octanol–water partition coefficient (Wildman–Crippen LogP) is 0.323. The third-order valence-corrected chi connectivity index (χ3v) is 0.838. The summed E-state index contributed by atoms with van der Waals surface area (Å²) in [5.41, 5.74) is 0. The van der Waals surface area contributed by atoms with Gasteiger partial charge in [-0.05, 0) is 6.26 Å². The standard InChI is InChI=1S/C6H9NO5.C2H6.CH4S/c1-4(8)7-2-6(11)12-3-5(9)10;2*1-2/h2-3H2,1H3,(H,7,8)(H,9,10);1-2H3;2H,1H3. The van der Waals surface area contributed by atoms with Gasteiger partial charge in [0.25, 0.3) is 0 Å². The van der Waals surface area contributed by atoms with Crippen LogP contribution >= 0.6 is 12.6 Å². The number of carbonyl (C=O) groups is 3. The van der Waals surface area contributed by atoms with Gasteiger partial charge in [-0.25, -0.2) is 4.79 Å². The molecule has 0 aliphatic heterocycles. The maximum absolute atomic E-state index is 10.6. The Morgan fingerprint density at radius 3 is 2.00 bits per heavy atom. The number of carbonyl (C=O) groups excluding carboxylic acids is 2. The number of ether oxygens (including phenoxy) is 1. The molecule has 16 heavy (non-hydrogen) atoms. The highest BCUT2D eigenvalue weighted by Crippen LogP contribution is 1.76. The van der Waals surface area contributed by atoms with Crippen LogP contribution in [-0.4, -0.2) is 42.4 Å². The summed E-state index contributed by atoms with van der Waals surface area (Å²) in [4.78, 5) is 30.7. The topological polar surface area (TPSA) is 92.7 Å². The number of amides is 1. The average Bonchev–Trinajstić information content (AvgIpc) is 2.29. The van der Waals surface area contributed by atoms with Gasteiger partial charge in [-0.3, -0.25) is 9.59 Å². The predicted molar refractivity (Wildman–Crippen MR) is 63.5 cm³/mol. The van der Waals surface area contributed by atoms with Gasteiger partial charge in [0.2, 0.25) is 5.91 Å². The summed E-state index contributed by atoms with van der Waals surface area (Å²) in [6.07, 6.45) is 1.69. The van der Waals surface area contributed by atoms with E-state index in [1.165, 1.54) is 6.92 Å². The molecule has 7 heteroatoms. The first-order valence-corrected chi connectivity index (χ1v) is 5.48. The van der Waals surface area contributed by atoms with Crippen molar-refractivity contribution in [1.29, 1.82) is 0 Å². The van der Waals surface area contributed by atoms with E-state index in [9.17, 15) is 14.4 Å². The summed E-state index contributed by atoms with van der Waals surface area (Å²) in [6, 6.07) is 0. The lowest BCUT2D eigenvalue weighted by Gasteiger charge is -2.01. The maximum atomic E-state index is 10.6. The van der Waals surface area contributed by atoms with Gasteiger partial charge in [-0.15, -0.1) is 0 Å². The van der Waals surface area contributed by atoms with Crippen LogP contribution in [0.4, 0.5) is 0 Å². The van der Waals surface area contributed by atoms with Crippen molar-refractivity contribution in [3.8, 4) is 0 Å². The molecule has 0 unspecified atom stereocenters. The molecule has 0 bridgehead atoms. The highest BCUT2D eigenvalue weighted by Gasteiger charge is 2.05. The number of carboxylic acids is 1. The van der Waals surface area contributed by atoms with E-state index in [-0.39, 0.29) is 12.5 Å². The molecule has 96 valence electrons. The van der Waals surface area contributed by atoms with E-state index in [0.717, 1.165) is 0 Å². The van der Waals surface area contributed by atoms with Gasteiger partial charge in [-0.1, -0.05) is 13.8 Å².